The van der Waals surface area contributed by atoms with E-state index in [1.54, 1.807) is 5.38 Å². The third-order valence-corrected chi connectivity index (χ3v) is 4.13. The lowest BCUT2D eigenvalue weighted by Gasteiger charge is -1.99. The minimum absolute atomic E-state index is 0.00000871. The second-order valence-corrected chi connectivity index (χ2v) is 5.78. The van der Waals surface area contributed by atoms with Gasteiger partial charge < -0.3 is 9.84 Å². The molecule has 4 nitrogen and oxygen atoms in total. The normalized spacial score (nSPS) is 15.2. The van der Waals surface area contributed by atoms with Crippen molar-refractivity contribution in [2.24, 2.45) is 5.92 Å². The molecule has 0 amide bonds. The largest absolute Gasteiger partial charge is 0.481 e. The zero-order chi connectivity index (χ0) is 11.4. The van der Waals surface area contributed by atoms with Gasteiger partial charge in [0.1, 0.15) is 0 Å². The number of aliphatic carboxylic acids is 1. The fraction of sp³-hybridized carbons (Fsp3) is 0.600. The van der Waals surface area contributed by atoms with Gasteiger partial charge in [0.15, 0.2) is 4.34 Å². The molecule has 0 spiro atoms. The van der Waals surface area contributed by atoms with Crippen LogP contribution in [0.1, 0.15) is 18.5 Å². The van der Waals surface area contributed by atoms with Crippen molar-refractivity contribution in [3.05, 3.63) is 11.1 Å². The van der Waals surface area contributed by atoms with Crippen molar-refractivity contribution in [1.29, 1.82) is 0 Å². The number of aromatic nitrogens is 1. The van der Waals surface area contributed by atoms with Gasteiger partial charge in [-0.05, 0) is 18.8 Å². The minimum Gasteiger partial charge on any atom is -0.481 e. The van der Waals surface area contributed by atoms with Crippen LogP contribution in [0, 0.1) is 5.92 Å². The summed E-state index contributed by atoms with van der Waals surface area (Å²) in [5, 5.41) is 10.4. The van der Waals surface area contributed by atoms with E-state index in [-0.39, 0.29) is 6.42 Å². The molecule has 1 aromatic heterocycles. The predicted molar refractivity (Wildman–Crippen MR) is 62.9 cm³/mol. The first-order chi connectivity index (χ1) is 7.74. The van der Waals surface area contributed by atoms with E-state index in [4.69, 9.17) is 9.84 Å². The van der Waals surface area contributed by atoms with Gasteiger partial charge in [-0.1, -0.05) is 11.8 Å². The number of carboxylic acids is 1. The molecule has 0 radical (unpaired) electrons. The molecule has 0 aliphatic heterocycles. The Labute approximate surface area is 102 Å². The molecule has 1 aliphatic carbocycles. The van der Waals surface area contributed by atoms with Crippen molar-refractivity contribution < 1.29 is 14.6 Å². The molecule has 0 atom stereocenters. The molecule has 0 aromatic carbocycles. The zero-order valence-electron chi connectivity index (χ0n) is 8.72. The molecule has 1 aromatic rings. The lowest BCUT2D eigenvalue weighted by atomic mass is 10.3. The molecule has 88 valence electrons. The maximum atomic E-state index is 10.5. The van der Waals surface area contributed by atoms with Crippen LogP contribution in [0.15, 0.2) is 9.72 Å². The van der Waals surface area contributed by atoms with E-state index < -0.39 is 5.97 Å². The summed E-state index contributed by atoms with van der Waals surface area (Å²) in [6.45, 7) is 0.848. The van der Waals surface area contributed by atoms with Crippen LogP contribution in [0.2, 0.25) is 0 Å². The molecular formula is C10H13NO3S2. The molecule has 1 aliphatic rings. The fourth-order valence-electron chi connectivity index (χ4n) is 1.18. The van der Waals surface area contributed by atoms with Gasteiger partial charge in [-0.25, -0.2) is 4.98 Å². The van der Waals surface area contributed by atoms with Gasteiger partial charge in [0.25, 0.3) is 0 Å². The summed E-state index contributed by atoms with van der Waals surface area (Å²) in [4.78, 5) is 14.7. The Morgan fingerprint density at radius 1 is 1.69 bits per heavy atom. The number of thioether (sulfide) groups is 1. The molecule has 2 rings (SSSR count). The van der Waals surface area contributed by atoms with Crippen molar-refractivity contribution in [1.82, 2.24) is 4.98 Å². The Kier molecular flexibility index (Phi) is 4.20. The zero-order valence-corrected chi connectivity index (χ0v) is 10.4. The van der Waals surface area contributed by atoms with E-state index in [0.717, 1.165) is 16.9 Å². The molecule has 6 heteroatoms. The number of nitrogens with zero attached hydrogens (tertiary/aromatic N) is 1. The third kappa shape index (κ3) is 4.11. The van der Waals surface area contributed by atoms with Crippen LogP contribution in [0.3, 0.4) is 0 Å². The smallest absolute Gasteiger partial charge is 0.309 e. The first kappa shape index (κ1) is 11.9. The molecule has 1 heterocycles. The average Bonchev–Trinajstić information content (AvgIpc) is 2.95. The molecule has 1 fully saturated rings. The molecular weight excluding hydrogens is 246 g/mol. The predicted octanol–water partition coefficient (Wildman–Crippen LogP) is 2.25. The topological polar surface area (TPSA) is 59.4 Å². The second-order valence-electron chi connectivity index (χ2n) is 3.75. The molecule has 1 N–H and O–H groups in total. The quantitative estimate of drug-likeness (QED) is 0.462. The SMILES string of the molecule is O=C(O)Cc1csc(SCOCC2CC2)n1. The molecule has 16 heavy (non-hydrogen) atoms. The highest BCUT2D eigenvalue weighted by Gasteiger charge is 2.21. The van der Waals surface area contributed by atoms with Crippen LogP contribution in [0.25, 0.3) is 0 Å². The lowest BCUT2D eigenvalue weighted by Crippen LogP contribution is -2.00. The van der Waals surface area contributed by atoms with E-state index >= 15 is 0 Å². The molecule has 0 saturated heterocycles. The average molecular weight is 259 g/mol. The summed E-state index contributed by atoms with van der Waals surface area (Å²) in [6, 6.07) is 0. The number of thiazole rings is 1. The highest BCUT2D eigenvalue weighted by atomic mass is 32.2. The highest BCUT2D eigenvalue weighted by Crippen LogP contribution is 2.30. The third-order valence-electron chi connectivity index (χ3n) is 2.18. The molecule has 1 saturated carbocycles. The van der Waals surface area contributed by atoms with Gasteiger partial charge in [-0.15, -0.1) is 11.3 Å². The van der Waals surface area contributed by atoms with Crippen molar-refractivity contribution in [2.75, 3.05) is 12.5 Å². The van der Waals surface area contributed by atoms with Crippen LogP contribution in [-0.4, -0.2) is 28.6 Å². The Morgan fingerprint density at radius 3 is 3.19 bits per heavy atom. The number of hydrogen-bond donors (Lipinski definition) is 1. The van der Waals surface area contributed by atoms with E-state index in [9.17, 15) is 4.79 Å². The van der Waals surface area contributed by atoms with Crippen molar-refractivity contribution in [3.8, 4) is 0 Å². The molecule has 0 bridgehead atoms. The fourth-order valence-corrected chi connectivity index (χ4v) is 2.75. The summed E-state index contributed by atoms with van der Waals surface area (Å²) >= 11 is 3.00. The Bertz CT molecular complexity index is 363. The summed E-state index contributed by atoms with van der Waals surface area (Å²) in [5.41, 5.74) is 0.627. The standard InChI is InChI=1S/C10H13NO3S2/c12-9(13)3-8-5-15-10(11-8)16-6-14-4-7-1-2-7/h5,7H,1-4,6H2,(H,12,13). The van der Waals surface area contributed by atoms with Crippen LogP contribution < -0.4 is 0 Å². The van der Waals surface area contributed by atoms with Crippen LogP contribution in [-0.2, 0) is 16.0 Å². The minimum atomic E-state index is -0.841. The number of carboxylic acid groups (broad SMARTS) is 1. The summed E-state index contributed by atoms with van der Waals surface area (Å²) in [5.74, 6) is 0.544. The number of ether oxygens (including phenoxy) is 1. The van der Waals surface area contributed by atoms with Crippen molar-refractivity contribution >= 4 is 29.1 Å². The van der Waals surface area contributed by atoms with E-state index in [0.29, 0.717) is 11.6 Å². The summed E-state index contributed by atoms with van der Waals surface area (Å²) in [6.07, 6.45) is 2.59. The lowest BCUT2D eigenvalue weighted by molar-refractivity contribution is -0.136. The van der Waals surface area contributed by atoms with Crippen molar-refractivity contribution in [3.63, 3.8) is 0 Å². The maximum Gasteiger partial charge on any atom is 0.309 e. The Balaban J connectivity index is 1.67. The summed E-state index contributed by atoms with van der Waals surface area (Å²) in [7, 11) is 0. The Morgan fingerprint density at radius 2 is 2.50 bits per heavy atom. The monoisotopic (exact) mass is 259 g/mol. The van der Waals surface area contributed by atoms with E-state index in [1.165, 1.54) is 35.9 Å². The first-order valence-corrected chi connectivity index (χ1v) is 6.97. The van der Waals surface area contributed by atoms with E-state index in [1.807, 2.05) is 0 Å². The second kappa shape index (κ2) is 5.65. The number of carbonyl (C=O) groups is 1. The highest BCUT2D eigenvalue weighted by molar-refractivity contribution is 8.00. The van der Waals surface area contributed by atoms with Gasteiger partial charge in [0, 0.05) is 5.38 Å². The van der Waals surface area contributed by atoms with Gasteiger partial charge in [0.2, 0.25) is 0 Å². The van der Waals surface area contributed by atoms with Crippen LogP contribution >= 0.6 is 23.1 Å². The van der Waals surface area contributed by atoms with Crippen LogP contribution in [0.4, 0.5) is 0 Å². The van der Waals surface area contributed by atoms with Crippen LogP contribution in [0.5, 0.6) is 0 Å². The van der Waals surface area contributed by atoms with Gasteiger partial charge >= 0.3 is 5.97 Å². The van der Waals surface area contributed by atoms with Gasteiger partial charge in [-0.3, -0.25) is 4.79 Å². The number of hydrogen-bond acceptors (Lipinski definition) is 5. The summed E-state index contributed by atoms with van der Waals surface area (Å²) < 4.78 is 6.35. The van der Waals surface area contributed by atoms with Gasteiger partial charge in [0.05, 0.1) is 24.7 Å². The van der Waals surface area contributed by atoms with E-state index in [2.05, 4.69) is 4.98 Å². The first-order valence-electron chi connectivity index (χ1n) is 5.11. The number of rotatable bonds is 7. The maximum absolute atomic E-state index is 10.5. The van der Waals surface area contributed by atoms with Gasteiger partial charge in [-0.2, -0.15) is 0 Å². The molecule has 0 unspecified atom stereocenters. The Hall–Kier alpha value is -0.590. The van der Waals surface area contributed by atoms with Crippen molar-refractivity contribution in [2.45, 2.75) is 23.6 Å².